The van der Waals surface area contributed by atoms with Crippen molar-refractivity contribution in [3.63, 3.8) is 0 Å². The Morgan fingerprint density at radius 3 is 2.59 bits per heavy atom. The van der Waals surface area contributed by atoms with Crippen LogP contribution in [0, 0.1) is 0 Å². The highest BCUT2D eigenvalue weighted by Crippen LogP contribution is 2.17. The van der Waals surface area contributed by atoms with E-state index in [0.717, 1.165) is 12.8 Å². The maximum atomic E-state index is 12.0. The Bertz CT molecular complexity index is 750. The fraction of sp³-hybridized carbons (Fsp3) is 0.350. The van der Waals surface area contributed by atoms with Crippen molar-refractivity contribution in [1.29, 1.82) is 0 Å². The zero-order chi connectivity index (χ0) is 19.5. The van der Waals surface area contributed by atoms with Gasteiger partial charge >= 0.3 is 5.97 Å². The predicted molar refractivity (Wildman–Crippen MR) is 104 cm³/mol. The zero-order valence-electron chi connectivity index (χ0n) is 15.2. The van der Waals surface area contributed by atoms with Crippen LogP contribution in [-0.2, 0) is 9.53 Å². The molecule has 2 aromatic rings. The van der Waals surface area contributed by atoms with Crippen LogP contribution in [-0.4, -0.2) is 30.1 Å². The summed E-state index contributed by atoms with van der Waals surface area (Å²) in [6.45, 7) is 2.40. The van der Waals surface area contributed by atoms with Gasteiger partial charge < -0.3 is 14.8 Å². The Hall–Kier alpha value is -2.60. The van der Waals surface area contributed by atoms with Crippen molar-refractivity contribution in [3.8, 4) is 5.75 Å². The Balaban J connectivity index is 1.75. The van der Waals surface area contributed by atoms with Crippen LogP contribution in [0.2, 0.25) is 5.15 Å². The monoisotopic (exact) mass is 390 g/mol. The van der Waals surface area contributed by atoms with Crippen LogP contribution >= 0.6 is 11.6 Å². The Morgan fingerprint density at radius 2 is 1.89 bits per heavy atom. The number of hydrogen-bond donors (Lipinski definition) is 1. The van der Waals surface area contributed by atoms with Crippen LogP contribution < -0.4 is 10.1 Å². The predicted octanol–water partition coefficient (Wildman–Crippen LogP) is 4.49. The molecule has 1 N–H and O–H groups in total. The van der Waals surface area contributed by atoms with Crippen molar-refractivity contribution in [2.75, 3.05) is 18.5 Å². The summed E-state index contributed by atoms with van der Waals surface area (Å²) in [6, 6.07) is 9.90. The van der Waals surface area contributed by atoms with Gasteiger partial charge in [0.25, 0.3) is 5.91 Å². The third kappa shape index (κ3) is 7.27. The summed E-state index contributed by atoms with van der Waals surface area (Å²) in [5.41, 5.74) is 0.709. The number of pyridine rings is 1. The SMILES string of the molecule is CCCCCCOc1ccc(C(=O)OCC(=O)Nc2cccnc2Cl)cc1. The van der Waals surface area contributed by atoms with E-state index in [9.17, 15) is 9.59 Å². The van der Waals surface area contributed by atoms with E-state index in [0.29, 0.717) is 23.6 Å². The van der Waals surface area contributed by atoms with Crippen LogP contribution in [0.3, 0.4) is 0 Å². The number of ether oxygens (including phenoxy) is 2. The average Bonchev–Trinajstić information content (AvgIpc) is 2.68. The molecule has 0 aliphatic heterocycles. The molecule has 1 heterocycles. The second-order valence-electron chi connectivity index (χ2n) is 5.90. The van der Waals surface area contributed by atoms with Crippen molar-refractivity contribution in [2.45, 2.75) is 32.6 Å². The van der Waals surface area contributed by atoms with Crippen molar-refractivity contribution in [3.05, 3.63) is 53.3 Å². The molecule has 0 radical (unpaired) electrons. The molecular weight excluding hydrogens is 368 g/mol. The number of esters is 1. The number of nitrogens with one attached hydrogen (secondary N) is 1. The summed E-state index contributed by atoms with van der Waals surface area (Å²) in [4.78, 5) is 27.7. The first-order valence-corrected chi connectivity index (χ1v) is 9.28. The van der Waals surface area contributed by atoms with Gasteiger partial charge in [0, 0.05) is 6.20 Å². The molecule has 0 saturated heterocycles. The number of unbranched alkanes of at least 4 members (excludes halogenated alkanes) is 3. The van der Waals surface area contributed by atoms with E-state index in [4.69, 9.17) is 21.1 Å². The normalized spacial score (nSPS) is 10.3. The molecule has 0 aliphatic carbocycles. The number of halogens is 1. The quantitative estimate of drug-likeness (QED) is 0.367. The van der Waals surface area contributed by atoms with Gasteiger partial charge in [-0.25, -0.2) is 9.78 Å². The maximum absolute atomic E-state index is 12.0. The lowest BCUT2D eigenvalue weighted by molar-refractivity contribution is -0.119. The first kappa shape index (κ1) is 20.7. The van der Waals surface area contributed by atoms with Crippen molar-refractivity contribution in [1.82, 2.24) is 4.98 Å². The largest absolute Gasteiger partial charge is 0.494 e. The number of rotatable bonds is 10. The summed E-state index contributed by atoms with van der Waals surface area (Å²) in [5.74, 6) is -0.380. The second kappa shape index (κ2) is 11.2. The lowest BCUT2D eigenvalue weighted by atomic mass is 10.2. The van der Waals surface area contributed by atoms with E-state index in [-0.39, 0.29) is 5.15 Å². The van der Waals surface area contributed by atoms with Gasteiger partial charge in [-0.3, -0.25) is 4.79 Å². The molecule has 144 valence electrons. The summed E-state index contributed by atoms with van der Waals surface area (Å²) in [7, 11) is 0. The molecular formula is C20H23ClN2O4. The standard InChI is InChI=1S/C20H23ClN2O4/c1-2-3-4-5-13-26-16-10-8-15(9-11-16)20(25)27-14-18(24)23-17-7-6-12-22-19(17)21/h6-12H,2-5,13-14H2,1H3,(H,23,24). The number of nitrogens with zero attached hydrogens (tertiary/aromatic N) is 1. The molecule has 0 fully saturated rings. The van der Waals surface area contributed by atoms with Crippen molar-refractivity contribution >= 4 is 29.2 Å². The van der Waals surface area contributed by atoms with Gasteiger partial charge in [-0.05, 0) is 42.8 Å². The van der Waals surface area contributed by atoms with Crippen molar-refractivity contribution < 1.29 is 19.1 Å². The van der Waals surface area contributed by atoms with E-state index in [1.807, 2.05) is 0 Å². The number of carbonyl (C=O) groups excluding carboxylic acids is 2. The highest BCUT2D eigenvalue weighted by molar-refractivity contribution is 6.32. The van der Waals surface area contributed by atoms with Gasteiger partial charge in [-0.2, -0.15) is 0 Å². The minimum Gasteiger partial charge on any atom is -0.494 e. The van der Waals surface area contributed by atoms with Gasteiger partial charge in [0.2, 0.25) is 0 Å². The Kier molecular flexibility index (Phi) is 8.58. The van der Waals surface area contributed by atoms with Gasteiger partial charge in [-0.15, -0.1) is 0 Å². The third-order valence-electron chi connectivity index (χ3n) is 3.72. The van der Waals surface area contributed by atoms with Crippen LogP contribution in [0.25, 0.3) is 0 Å². The Labute approximate surface area is 163 Å². The van der Waals surface area contributed by atoms with Gasteiger partial charge in [-0.1, -0.05) is 37.8 Å². The molecule has 0 bridgehead atoms. The molecule has 2 rings (SSSR count). The minimum absolute atomic E-state index is 0.169. The molecule has 1 amide bonds. The summed E-state index contributed by atoms with van der Waals surface area (Å²) < 4.78 is 10.6. The molecule has 0 atom stereocenters. The lowest BCUT2D eigenvalue weighted by Gasteiger charge is -2.08. The summed E-state index contributed by atoms with van der Waals surface area (Å²) >= 11 is 5.86. The molecule has 0 spiro atoms. The Morgan fingerprint density at radius 1 is 1.11 bits per heavy atom. The van der Waals surface area contributed by atoms with Gasteiger partial charge in [0.05, 0.1) is 17.9 Å². The van der Waals surface area contributed by atoms with Crippen LogP contribution in [0.15, 0.2) is 42.6 Å². The van der Waals surface area contributed by atoms with Crippen LogP contribution in [0.4, 0.5) is 5.69 Å². The molecule has 7 heteroatoms. The zero-order valence-corrected chi connectivity index (χ0v) is 16.0. The number of aromatic nitrogens is 1. The summed E-state index contributed by atoms with van der Waals surface area (Å²) in [6.07, 6.45) is 6.05. The van der Waals surface area contributed by atoms with Gasteiger partial charge in [0.15, 0.2) is 11.8 Å². The molecule has 27 heavy (non-hydrogen) atoms. The van der Waals surface area contributed by atoms with E-state index < -0.39 is 18.5 Å². The second-order valence-corrected chi connectivity index (χ2v) is 6.26. The van der Waals surface area contributed by atoms with E-state index in [2.05, 4.69) is 17.2 Å². The first-order chi connectivity index (χ1) is 13.1. The number of amides is 1. The topological polar surface area (TPSA) is 77.5 Å². The number of benzene rings is 1. The number of hydrogen-bond acceptors (Lipinski definition) is 5. The molecule has 6 nitrogen and oxygen atoms in total. The molecule has 0 aliphatic rings. The third-order valence-corrected chi connectivity index (χ3v) is 4.03. The molecule has 0 unspecified atom stereocenters. The lowest BCUT2D eigenvalue weighted by Crippen LogP contribution is -2.21. The fourth-order valence-corrected chi connectivity index (χ4v) is 2.45. The van der Waals surface area contributed by atoms with Crippen LogP contribution in [0.1, 0.15) is 43.0 Å². The fourth-order valence-electron chi connectivity index (χ4n) is 2.29. The smallest absolute Gasteiger partial charge is 0.338 e. The summed E-state index contributed by atoms with van der Waals surface area (Å²) in [5, 5.41) is 2.70. The number of carbonyl (C=O) groups is 2. The first-order valence-electron chi connectivity index (χ1n) is 8.90. The van der Waals surface area contributed by atoms with Crippen LogP contribution in [0.5, 0.6) is 5.75 Å². The molecule has 1 aromatic heterocycles. The average molecular weight is 391 g/mol. The molecule has 0 saturated carbocycles. The highest BCUT2D eigenvalue weighted by Gasteiger charge is 2.12. The van der Waals surface area contributed by atoms with E-state index in [1.165, 1.54) is 19.0 Å². The maximum Gasteiger partial charge on any atom is 0.338 e. The van der Waals surface area contributed by atoms with E-state index in [1.54, 1.807) is 36.4 Å². The van der Waals surface area contributed by atoms with E-state index >= 15 is 0 Å². The minimum atomic E-state index is -0.586. The van der Waals surface area contributed by atoms with Gasteiger partial charge in [0.1, 0.15) is 5.75 Å². The highest BCUT2D eigenvalue weighted by atomic mass is 35.5. The molecule has 1 aromatic carbocycles. The van der Waals surface area contributed by atoms with Crippen molar-refractivity contribution in [2.24, 2.45) is 0 Å². The number of anilines is 1.